The molecule has 1 saturated heterocycles. The Labute approximate surface area is 107 Å². The van der Waals surface area contributed by atoms with Gasteiger partial charge >= 0.3 is 0 Å². The number of hydrogen-bond acceptors (Lipinski definition) is 5. The van der Waals surface area contributed by atoms with E-state index in [1.165, 1.54) is 6.42 Å². The molecule has 0 amide bonds. The summed E-state index contributed by atoms with van der Waals surface area (Å²) in [5.74, 6) is 0. The van der Waals surface area contributed by atoms with E-state index in [1.54, 1.807) is 18.3 Å². The van der Waals surface area contributed by atoms with E-state index in [4.69, 9.17) is 0 Å². The highest BCUT2D eigenvalue weighted by atomic mass is 32.1. The summed E-state index contributed by atoms with van der Waals surface area (Å²) in [6, 6.07) is 0.614. The highest BCUT2D eigenvalue weighted by Gasteiger charge is 2.24. The molecule has 2 atom stereocenters. The third kappa shape index (κ3) is 2.78. The van der Waals surface area contributed by atoms with Gasteiger partial charge in [0.25, 0.3) is 0 Å². The van der Waals surface area contributed by atoms with Crippen LogP contribution in [0.15, 0.2) is 5.38 Å². The summed E-state index contributed by atoms with van der Waals surface area (Å²) in [5, 5.41) is 12.5. The number of likely N-dealkylation sites (N-methyl/N-ethyl adjacent to an activating group) is 1. The summed E-state index contributed by atoms with van der Waals surface area (Å²) in [6.45, 7) is 7.15. The molecule has 96 valence electrons. The molecule has 4 nitrogen and oxygen atoms in total. The van der Waals surface area contributed by atoms with Crippen molar-refractivity contribution in [2.75, 3.05) is 31.6 Å². The number of hydrogen-bond donors (Lipinski definition) is 1. The summed E-state index contributed by atoms with van der Waals surface area (Å²) in [6.07, 6.45) is 0.705. The molecule has 2 heterocycles. The number of rotatable bonds is 3. The molecular formula is C12H21N3OS. The Hall–Kier alpha value is -0.650. The van der Waals surface area contributed by atoms with Crippen molar-refractivity contribution >= 4 is 16.5 Å². The first-order chi connectivity index (χ1) is 8.11. The van der Waals surface area contributed by atoms with E-state index in [1.807, 2.05) is 5.38 Å². The van der Waals surface area contributed by atoms with Gasteiger partial charge in [0, 0.05) is 31.1 Å². The highest BCUT2D eigenvalue weighted by Crippen LogP contribution is 2.26. The van der Waals surface area contributed by atoms with Crippen LogP contribution in [0, 0.1) is 0 Å². The van der Waals surface area contributed by atoms with Gasteiger partial charge in [0.15, 0.2) is 5.13 Å². The summed E-state index contributed by atoms with van der Waals surface area (Å²) in [7, 11) is 2.19. The lowest BCUT2D eigenvalue weighted by Crippen LogP contribution is -2.51. The molecule has 1 N–H and O–H groups in total. The van der Waals surface area contributed by atoms with Crippen molar-refractivity contribution in [2.24, 2.45) is 0 Å². The topological polar surface area (TPSA) is 39.6 Å². The van der Waals surface area contributed by atoms with Crippen molar-refractivity contribution in [3.05, 3.63) is 11.1 Å². The summed E-state index contributed by atoms with van der Waals surface area (Å²) >= 11 is 1.63. The van der Waals surface area contributed by atoms with Gasteiger partial charge in [-0.05, 0) is 20.4 Å². The van der Waals surface area contributed by atoms with Crippen molar-refractivity contribution in [2.45, 2.75) is 32.4 Å². The molecule has 0 radical (unpaired) electrons. The molecule has 0 spiro atoms. The van der Waals surface area contributed by atoms with Crippen molar-refractivity contribution in [3.8, 4) is 0 Å². The third-order valence-corrected chi connectivity index (χ3v) is 4.38. The lowest BCUT2D eigenvalue weighted by molar-refractivity contribution is 0.194. The lowest BCUT2D eigenvalue weighted by atomic mass is 10.1. The second-order valence-electron chi connectivity index (χ2n) is 4.72. The molecule has 1 aromatic heterocycles. The van der Waals surface area contributed by atoms with Crippen LogP contribution in [0.4, 0.5) is 5.13 Å². The van der Waals surface area contributed by atoms with E-state index in [9.17, 15) is 5.11 Å². The van der Waals surface area contributed by atoms with Crippen LogP contribution in [0.2, 0.25) is 0 Å². The quantitative estimate of drug-likeness (QED) is 0.893. The van der Waals surface area contributed by atoms with E-state index in [2.05, 4.69) is 28.8 Å². The zero-order chi connectivity index (χ0) is 12.4. The number of anilines is 1. The smallest absolute Gasteiger partial charge is 0.185 e. The molecule has 0 aliphatic carbocycles. The largest absolute Gasteiger partial charge is 0.387 e. The second kappa shape index (κ2) is 5.33. The van der Waals surface area contributed by atoms with Gasteiger partial charge in [-0.15, -0.1) is 11.3 Å². The fourth-order valence-corrected chi connectivity index (χ4v) is 3.12. The molecule has 1 aromatic rings. The van der Waals surface area contributed by atoms with Gasteiger partial charge in [-0.25, -0.2) is 4.98 Å². The van der Waals surface area contributed by atoms with Crippen LogP contribution in [0.3, 0.4) is 0 Å². The maximum atomic E-state index is 9.49. The monoisotopic (exact) mass is 255 g/mol. The van der Waals surface area contributed by atoms with Gasteiger partial charge in [0.2, 0.25) is 0 Å². The fourth-order valence-electron chi connectivity index (χ4n) is 2.17. The van der Waals surface area contributed by atoms with Crippen LogP contribution < -0.4 is 4.90 Å². The maximum Gasteiger partial charge on any atom is 0.185 e. The highest BCUT2D eigenvalue weighted by molar-refractivity contribution is 7.13. The van der Waals surface area contributed by atoms with E-state index < -0.39 is 6.10 Å². The Morgan fingerprint density at radius 1 is 1.59 bits per heavy atom. The number of aliphatic hydroxyl groups is 1. The van der Waals surface area contributed by atoms with Crippen molar-refractivity contribution in [1.82, 2.24) is 9.88 Å². The first-order valence-electron chi connectivity index (χ1n) is 6.20. The van der Waals surface area contributed by atoms with E-state index >= 15 is 0 Å². The molecule has 5 heteroatoms. The van der Waals surface area contributed by atoms with Crippen LogP contribution >= 0.6 is 11.3 Å². The molecule has 0 saturated carbocycles. The Bertz CT molecular complexity index is 366. The van der Waals surface area contributed by atoms with E-state index in [0.717, 1.165) is 30.5 Å². The van der Waals surface area contributed by atoms with Crippen LogP contribution in [-0.2, 0) is 0 Å². The van der Waals surface area contributed by atoms with Crippen molar-refractivity contribution in [1.29, 1.82) is 0 Å². The van der Waals surface area contributed by atoms with E-state index in [0.29, 0.717) is 6.04 Å². The minimum Gasteiger partial charge on any atom is -0.387 e. The lowest BCUT2D eigenvalue weighted by Gasteiger charge is -2.39. The number of aliphatic hydroxyl groups excluding tert-OH is 1. The molecule has 2 unspecified atom stereocenters. The first kappa shape index (κ1) is 12.8. The van der Waals surface area contributed by atoms with Gasteiger partial charge in [-0.2, -0.15) is 0 Å². The first-order valence-corrected chi connectivity index (χ1v) is 7.08. The molecule has 1 fully saturated rings. The van der Waals surface area contributed by atoms with Gasteiger partial charge < -0.3 is 10.0 Å². The number of aromatic nitrogens is 1. The molecule has 0 aromatic carbocycles. The van der Waals surface area contributed by atoms with E-state index in [-0.39, 0.29) is 0 Å². The summed E-state index contributed by atoms with van der Waals surface area (Å²) in [4.78, 5) is 9.26. The van der Waals surface area contributed by atoms with Crippen LogP contribution in [0.25, 0.3) is 0 Å². The Morgan fingerprint density at radius 3 is 2.94 bits per heavy atom. The fraction of sp³-hybridized carbons (Fsp3) is 0.750. The third-order valence-electron chi connectivity index (χ3n) is 3.46. The van der Waals surface area contributed by atoms with Crippen molar-refractivity contribution in [3.63, 3.8) is 0 Å². The summed E-state index contributed by atoms with van der Waals surface area (Å²) < 4.78 is 0. The van der Waals surface area contributed by atoms with Gasteiger partial charge in [-0.3, -0.25) is 4.90 Å². The van der Waals surface area contributed by atoms with Gasteiger partial charge in [0.1, 0.15) is 0 Å². The normalized spacial score (nSPS) is 24.0. The van der Waals surface area contributed by atoms with Gasteiger partial charge in [0.05, 0.1) is 11.8 Å². The standard InChI is InChI=1S/C12H21N3OS/c1-4-10-7-15(6-5-14(10)3)12-13-11(8-17-12)9(2)16/h8-10,16H,4-7H2,1-3H3. The number of piperazine rings is 1. The zero-order valence-electron chi connectivity index (χ0n) is 10.8. The molecule has 0 bridgehead atoms. The second-order valence-corrected chi connectivity index (χ2v) is 5.56. The Morgan fingerprint density at radius 2 is 2.35 bits per heavy atom. The molecule has 17 heavy (non-hydrogen) atoms. The van der Waals surface area contributed by atoms with Crippen LogP contribution in [0.5, 0.6) is 0 Å². The average molecular weight is 255 g/mol. The van der Waals surface area contributed by atoms with Crippen LogP contribution in [-0.4, -0.2) is 47.7 Å². The molecular weight excluding hydrogens is 234 g/mol. The maximum absolute atomic E-state index is 9.49. The Kier molecular flexibility index (Phi) is 4.01. The number of thiazole rings is 1. The zero-order valence-corrected chi connectivity index (χ0v) is 11.6. The minimum atomic E-state index is -0.463. The SMILES string of the molecule is CCC1CN(c2nc(C(C)O)cs2)CCN1C. The predicted molar refractivity (Wildman–Crippen MR) is 71.7 cm³/mol. The predicted octanol–water partition coefficient (Wildman–Crippen LogP) is 1.73. The molecule has 2 rings (SSSR count). The average Bonchev–Trinajstić information content (AvgIpc) is 2.79. The van der Waals surface area contributed by atoms with Gasteiger partial charge in [-0.1, -0.05) is 6.92 Å². The van der Waals surface area contributed by atoms with Crippen molar-refractivity contribution < 1.29 is 5.11 Å². The molecule has 1 aliphatic rings. The summed E-state index contributed by atoms with van der Waals surface area (Å²) in [5.41, 5.74) is 0.789. The Balaban J connectivity index is 2.06. The molecule has 1 aliphatic heterocycles. The minimum absolute atomic E-state index is 0.463. The number of nitrogens with zero attached hydrogens (tertiary/aromatic N) is 3. The van der Waals surface area contributed by atoms with Crippen LogP contribution in [0.1, 0.15) is 32.1 Å².